The van der Waals surface area contributed by atoms with Crippen molar-refractivity contribution in [2.75, 3.05) is 0 Å². The Morgan fingerprint density at radius 2 is 1.95 bits per heavy atom. The van der Waals surface area contributed by atoms with Crippen LogP contribution in [-0.2, 0) is 0 Å². The van der Waals surface area contributed by atoms with Crippen molar-refractivity contribution in [2.45, 2.75) is 31.3 Å². The molecule has 3 nitrogen and oxygen atoms in total. The third-order valence-electron chi connectivity index (χ3n) is 2.95. The van der Waals surface area contributed by atoms with E-state index in [-0.39, 0.29) is 24.1 Å². The second-order valence-corrected chi connectivity index (χ2v) is 4.47. The molecule has 0 radical (unpaired) electrons. The van der Waals surface area contributed by atoms with Gasteiger partial charge >= 0.3 is 6.36 Å². The fourth-order valence-electron chi connectivity index (χ4n) is 1.85. The number of benzene rings is 1. The normalized spacial score (nSPS) is 18.4. The van der Waals surface area contributed by atoms with Crippen LogP contribution in [0.4, 0.5) is 13.2 Å². The van der Waals surface area contributed by atoms with E-state index in [4.69, 9.17) is 5.73 Å². The Kier molecular flexibility index (Phi) is 5.06. The molecule has 19 heavy (non-hydrogen) atoms. The molecule has 0 heterocycles. The van der Waals surface area contributed by atoms with Gasteiger partial charge in [-0.2, -0.15) is 0 Å². The number of alkyl halides is 3. The number of halogens is 4. The average molecular weight is 298 g/mol. The summed E-state index contributed by atoms with van der Waals surface area (Å²) in [7, 11) is 0. The van der Waals surface area contributed by atoms with E-state index in [9.17, 15) is 18.3 Å². The lowest BCUT2D eigenvalue weighted by atomic mass is 9.99. The lowest BCUT2D eigenvalue weighted by Crippen LogP contribution is -2.28. The van der Waals surface area contributed by atoms with E-state index in [1.54, 1.807) is 6.07 Å². The summed E-state index contributed by atoms with van der Waals surface area (Å²) in [6, 6.07) is 4.74. The zero-order chi connectivity index (χ0) is 13.3. The predicted octanol–water partition coefficient (Wildman–Crippen LogP) is 2.78. The monoisotopic (exact) mass is 297 g/mol. The second-order valence-electron chi connectivity index (χ2n) is 4.47. The Morgan fingerprint density at radius 1 is 1.32 bits per heavy atom. The highest BCUT2D eigenvalue weighted by Gasteiger charge is 2.35. The molecule has 2 atom stereocenters. The van der Waals surface area contributed by atoms with Crippen LogP contribution in [0.15, 0.2) is 24.3 Å². The minimum Gasteiger partial charge on any atom is -0.406 e. The van der Waals surface area contributed by atoms with Crippen LogP contribution in [0.3, 0.4) is 0 Å². The minimum absolute atomic E-state index is 0. The van der Waals surface area contributed by atoms with Crippen LogP contribution in [0.2, 0.25) is 0 Å². The number of nitrogens with two attached hydrogens (primary N) is 1. The molecule has 3 N–H and O–H groups in total. The molecule has 1 aromatic carbocycles. The van der Waals surface area contributed by atoms with Gasteiger partial charge in [0.2, 0.25) is 0 Å². The van der Waals surface area contributed by atoms with E-state index in [0.29, 0.717) is 5.56 Å². The van der Waals surface area contributed by atoms with E-state index in [0.717, 1.165) is 12.8 Å². The smallest absolute Gasteiger partial charge is 0.406 e. The van der Waals surface area contributed by atoms with Crippen molar-refractivity contribution in [1.82, 2.24) is 0 Å². The summed E-state index contributed by atoms with van der Waals surface area (Å²) in [4.78, 5) is 0. The standard InChI is InChI=1S/C12H14F3NO2.ClH/c13-12(14,15)18-9-3-1-2-8(6-9)10(16)11(17)7-4-5-7;/h1-3,6-7,10-11,17H,4-5,16H2;1H/t10-,11+;/m1./s1. The van der Waals surface area contributed by atoms with Crippen LogP contribution >= 0.6 is 12.4 Å². The van der Waals surface area contributed by atoms with Gasteiger partial charge < -0.3 is 15.6 Å². The summed E-state index contributed by atoms with van der Waals surface area (Å²) in [6.07, 6.45) is -3.62. The molecule has 1 aliphatic carbocycles. The van der Waals surface area contributed by atoms with E-state index in [1.807, 2.05) is 0 Å². The summed E-state index contributed by atoms with van der Waals surface area (Å²) in [5, 5.41) is 9.85. The first kappa shape index (κ1) is 16.1. The topological polar surface area (TPSA) is 55.5 Å². The molecular formula is C12H15ClF3NO2. The van der Waals surface area contributed by atoms with Gasteiger partial charge in [0, 0.05) is 0 Å². The van der Waals surface area contributed by atoms with Gasteiger partial charge in [-0.25, -0.2) is 0 Å². The molecule has 0 aromatic heterocycles. The zero-order valence-electron chi connectivity index (χ0n) is 9.93. The van der Waals surface area contributed by atoms with Crippen LogP contribution in [0.25, 0.3) is 0 Å². The molecule has 108 valence electrons. The fraction of sp³-hybridized carbons (Fsp3) is 0.500. The molecule has 1 aliphatic rings. The summed E-state index contributed by atoms with van der Waals surface area (Å²) in [6.45, 7) is 0. The number of rotatable bonds is 4. The highest BCUT2D eigenvalue weighted by atomic mass is 35.5. The Morgan fingerprint density at radius 3 is 2.47 bits per heavy atom. The van der Waals surface area contributed by atoms with Crippen molar-refractivity contribution < 1.29 is 23.0 Å². The van der Waals surface area contributed by atoms with Gasteiger partial charge in [-0.3, -0.25) is 0 Å². The number of ether oxygens (including phenoxy) is 1. The molecule has 1 fully saturated rings. The number of aliphatic hydroxyl groups excluding tert-OH is 1. The second kappa shape index (κ2) is 5.98. The van der Waals surface area contributed by atoms with E-state index >= 15 is 0 Å². The van der Waals surface area contributed by atoms with E-state index < -0.39 is 18.5 Å². The molecule has 2 rings (SSSR count). The van der Waals surface area contributed by atoms with Crippen LogP contribution in [-0.4, -0.2) is 17.6 Å². The molecule has 0 amide bonds. The lowest BCUT2D eigenvalue weighted by Gasteiger charge is -2.19. The first-order chi connectivity index (χ1) is 8.37. The molecule has 0 saturated heterocycles. The van der Waals surface area contributed by atoms with E-state index in [1.165, 1.54) is 18.2 Å². The van der Waals surface area contributed by atoms with Crippen LogP contribution in [0.1, 0.15) is 24.4 Å². The van der Waals surface area contributed by atoms with Gasteiger partial charge in [-0.1, -0.05) is 12.1 Å². The first-order valence-electron chi connectivity index (χ1n) is 5.66. The Hall–Kier alpha value is -0.980. The SMILES string of the molecule is Cl.N[C@H](c1cccc(OC(F)(F)F)c1)[C@@H](O)C1CC1. The Labute approximate surface area is 115 Å². The third kappa shape index (κ3) is 4.56. The predicted molar refractivity (Wildman–Crippen MR) is 66.0 cm³/mol. The summed E-state index contributed by atoms with van der Waals surface area (Å²) in [5.74, 6) is -0.161. The Bertz CT molecular complexity index is 424. The summed E-state index contributed by atoms with van der Waals surface area (Å²) in [5.41, 5.74) is 6.27. The number of aliphatic hydroxyl groups is 1. The van der Waals surface area contributed by atoms with Gasteiger partial charge in [0.05, 0.1) is 12.1 Å². The molecule has 1 aromatic rings. The van der Waals surface area contributed by atoms with Crippen molar-refractivity contribution in [2.24, 2.45) is 11.7 Å². The molecule has 7 heteroatoms. The molecule has 0 unspecified atom stereocenters. The van der Waals surface area contributed by atoms with Crippen molar-refractivity contribution in [3.63, 3.8) is 0 Å². The molecule has 1 saturated carbocycles. The maximum atomic E-state index is 12.1. The van der Waals surface area contributed by atoms with Gasteiger partial charge in [-0.15, -0.1) is 25.6 Å². The molecular weight excluding hydrogens is 283 g/mol. The van der Waals surface area contributed by atoms with Crippen molar-refractivity contribution in [1.29, 1.82) is 0 Å². The fourth-order valence-corrected chi connectivity index (χ4v) is 1.85. The van der Waals surface area contributed by atoms with Crippen molar-refractivity contribution >= 4 is 12.4 Å². The summed E-state index contributed by atoms with van der Waals surface area (Å²) < 4.78 is 40.0. The maximum absolute atomic E-state index is 12.1. The number of hydrogen-bond donors (Lipinski definition) is 2. The quantitative estimate of drug-likeness (QED) is 0.898. The van der Waals surface area contributed by atoms with Crippen molar-refractivity contribution in [3.05, 3.63) is 29.8 Å². The van der Waals surface area contributed by atoms with Crippen LogP contribution < -0.4 is 10.5 Å². The van der Waals surface area contributed by atoms with Gasteiger partial charge in [0.1, 0.15) is 5.75 Å². The largest absolute Gasteiger partial charge is 0.573 e. The van der Waals surface area contributed by atoms with Crippen molar-refractivity contribution in [3.8, 4) is 5.75 Å². The molecule has 0 spiro atoms. The Balaban J connectivity index is 0.00000180. The highest BCUT2D eigenvalue weighted by molar-refractivity contribution is 5.85. The highest BCUT2D eigenvalue weighted by Crippen LogP contribution is 2.37. The number of hydrogen-bond acceptors (Lipinski definition) is 3. The van der Waals surface area contributed by atoms with Crippen LogP contribution in [0, 0.1) is 5.92 Å². The maximum Gasteiger partial charge on any atom is 0.573 e. The molecule has 0 aliphatic heterocycles. The first-order valence-corrected chi connectivity index (χ1v) is 5.66. The summed E-state index contributed by atoms with van der Waals surface area (Å²) >= 11 is 0. The third-order valence-corrected chi connectivity index (χ3v) is 2.95. The lowest BCUT2D eigenvalue weighted by molar-refractivity contribution is -0.274. The van der Waals surface area contributed by atoms with E-state index in [2.05, 4.69) is 4.74 Å². The van der Waals surface area contributed by atoms with Crippen LogP contribution in [0.5, 0.6) is 5.75 Å². The minimum atomic E-state index is -4.72. The molecule has 0 bridgehead atoms. The van der Waals surface area contributed by atoms with Gasteiger partial charge in [0.15, 0.2) is 0 Å². The zero-order valence-corrected chi connectivity index (χ0v) is 10.7. The average Bonchev–Trinajstić information content (AvgIpc) is 3.09. The van der Waals surface area contributed by atoms with Gasteiger partial charge in [-0.05, 0) is 36.5 Å². The van der Waals surface area contributed by atoms with Gasteiger partial charge in [0.25, 0.3) is 0 Å².